The molecule has 1 aromatic heterocycles. The van der Waals surface area contributed by atoms with Crippen LogP contribution >= 0.6 is 0 Å². The Morgan fingerprint density at radius 3 is 2.85 bits per heavy atom. The second-order valence-electron chi connectivity index (χ2n) is 5.20. The van der Waals surface area contributed by atoms with Crippen LogP contribution in [0.15, 0.2) is 35.1 Å². The topological polar surface area (TPSA) is 79.0 Å². The minimum absolute atomic E-state index is 0.127. The van der Waals surface area contributed by atoms with Crippen molar-refractivity contribution in [2.45, 2.75) is 18.9 Å². The van der Waals surface area contributed by atoms with Crippen LogP contribution in [0.4, 0.5) is 5.82 Å². The van der Waals surface area contributed by atoms with Gasteiger partial charge in [0.15, 0.2) is 9.84 Å². The van der Waals surface area contributed by atoms with Crippen LogP contribution in [-0.2, 0) is 9.84 Å². The van der Waals surface area contributed by atoms with Gasteiger partial charge in [-0.05, 0) is 30.4 Å². The van der Waals surface area contributed by atoms with E-state index in [1.54, 1.807) is 6.07 Å². The summed E-state index contributed by atoms with van der Waals surface area (Å²) in [6.45, 7) is 0. The highest BCUT2D eigenvalue weighted by Crippen LogP contribution is 2.18. The second-order valence-corrected chi connectivity index (χ2v) is 7.43. The summed E-state index contributed by atoms with van der Waals surface area (Å²) in [5, 5.41) is 4.61. The molecule has 1 atom stereocenters. The Balaban J connectivity index is 1.90. The van der Waals surface area contributed by atoms with Crippen LogP contribution < -0.4 is 10.9 Å². The van der Waals surface area contributed by atoms with Crippen LogP contribution in [0.25, 0.3) is 10.8 Å². The Morgan fingerprint density at radius 2 is 2.05 bits per heavy atom. The molecule has 3 rings (SSSR count). The zero-order valence-corrected chi connectivity index (χ0v) is 11.7. The molecule has 6 heteroatoms. The smallest absolute Gasteiger partial charge is 0.257 e. The molecule has 2 N–H and O–H groups in total. The molecular formula is C14H16N2O3S. The normalized spacial score (nSPS) is 21.7. The maximum atomic E-state index is 12.0. The van der Waals surface area contributed by atoms with E-state index in [2.05, 4.69) is 10.3 Å². The predicted molar refractivity (Wildman–Crippen MR) is 79.9 cm³/mol. The number of aromatic nitrogens is 1. The number of hydrogen-bond acceptors (Lipinski definition) is 4. The van der Waals surface area contributed by atoms with Crippen LogP contribution in [0.5, 0.6) is 0 Å². The Labute approximate surface area is 116 Å². The standard InChI is InChI=1S/C14H16N2O3S/c17-14-12-6-2-1-4-10(12)8-13(16-14)15-11-5-3-7-20(18,19)9-11/h1-2,4,6,8,11H,3,5,7,9H2,(H2,15,16,17). The highest BCUT2D eigenvalue weighted by molar-refractivity contribution is 7.91. The number of anilines is 1. The summed E-state index contributed by atoms with van der Waals surface area (Å²) < 4.78 is 23.2. The van der Waals surface area contributed by atoms with Gasteiger partial charge in [-0.2, -0.15) is 0 Å². The van der Waals surface area contributed by atoms with E-state index in [1.165, 1.54) is 0 Å². The van der Waals surface area contributed by atoms with Gasteiger partial charge in [0.05, 0.1) is 11.5 Å². The molecule has 0 radical (unpaired) electrons. The molecule has 0 aliphatic carbocycles. The molecule has 1 saturated heterocycles. The molecule has 106 valence electrons. The lowest BCUT2D eigenvalue weighted by Crippen LogP contribution is -2.35. The minimum Gasteiger partial charge on any atom is -0.368 e. The van der Waals surface area contributed by atoms with Crippen molar-refractivity contribution < 1.29 is 8.42 Å². The van der Waals surface area contributed by atoms with Crippen molar-refractivity contribution in [3.63, 3.8) is 0 Å². The number of aromatic amines is 1. The molecule has 0 saturated carbocycles. The van der Waals surface area contributed by atoms with E-state index in [1.807, 2.05) is 24.3 Å². The van der Waals surface area contributed by atoms with Crippen LogP contribution in [-0.4, -0.2) is 30.9 Å². The lowest BCUT2D eigenvalue weighted by molar-refractivity contribution is 0.561. The van der Waals surface area contributed by atoms with E-state index in [0.717, 1.165) is 11.8 Å². The van der Waals surface area contributed by atoms with Crippen LogP contribution in [0.3, 0.4) is 0 Å². The second kappa shape index (κ2) is 4.94. The first-order valence-electron chi connectivity index (χ1n) is 6.62. The summed E-state index contributed by atoms with van der Waals surface area (Å²) in [5.41, 5.74) is -0.163. The summed E-state index contributed by atoms with van der Waals surface area (Å²) in [6.07, 6.45) is 1.46. The first kappa shape index (κ1) is 13.2. The largest absolute Gasteiger partial charge is 0.368 e. The van der Waals surface area contributed by atoms with Crippen LogP contribution in [0.1, 0.15) is 12.8 Å². The summed E-state index contributed by atoms with van der Waals surface area (Å²) in [6, 6.07) is 9.04. The fraction of sp³-hybridized carbons (Fsp3) is 0.357. The molecule has 5 nitrogen and oxygen atoms in total. The fourth-order valence-corrected chi connectivity index (χ4v) is 4.28. The van der Waals surface area contributed by atoms with Crippen molar-refractivity contribution in [2.24, 2.45) is 0 Å². The van der Waals surface area contributed by atoms with Crippen molar-refractivity contribution in [1.82, 2.24) is 4.98 Å². The van der Waals surface area contributed by atoms with Gasteiger partial charge in [0, 0.05) is 11.4 Å². The molecule has 1 aliphatic rings. The van der Waals surface area contributed by atoms with Gasteiger partial charge in [0.2, 0.25) is 0 Å². The molecule has 2 aromatic rings. The molecule has 2 heterocycles. The number of hydrogen-bond donors (Lipinski definition) is 2. The first-order valence-corrected chi connectivity index (χ1v) is 8.45. The third-order valence-electron chi connectivity index (χ3n) is 3.58. The average molecular weight is 292 g/mol. The summed E-state index contributed by atoms with van der Waals surface area (Å²) >= 11 is 0. The summed E-state index contributed by atoms with van der Waals surface area (Å²) in [4.78, 5) is 14.7. The molecule has 1 aromatic carbocycles. The molecule has 1 aliphatic heterocycles. The zero-order chi connectivity index (χ0) is 14.2. The highest BCUT2D eigenvalue weighted by atomic mass is 32.2. The van der Waals surface area contributed by atoms with Crippen LogP contribution in [0.2, 0.25) is 0 Å². The molecule has 1 fully saturated rings. The molecule has 20 heavy (non-hydrogen) atoms. The highest BCUT2D eigenvalue weighted by Gasteiger charge is 2.24. The number of H-pyrrole nitrogens is 1. The van der Waals surface area contributed by atoms with E-state index >= 15 is 0 Å². The molecule has 0 amide bonds. The van der Waals surface area contributed by atoms with Gasteiger partial charge in [-0.25, -0.2) is 8.42 Å². The van der Waals surface area contributed by atoms with Gasteiger partial charge >= 0.3 is 0 Å². The van der Waals surface area contributed by atoms with Gasteiger partial charge in [-0.15, -0.1) is 0 Å². The van der Waals surface area contributed by atoms with Gasteiger partial charge in [-0.1, -0.05) is 18.2 Å². The summed E-state index contributed by atoms with van der Waals surface area (Å²) in [7, 11) is -2.96. The lowest BCUT2D eigenvalue weighted by atomic mass is 10.1. The number of sulfone groups is 1. The van der Waals surface area contributed by atoms with E-state index in [-0.39, 0.29) is 23.1 Å². The Morgan fingerprint density at radius 1 is 1.25 bits per heavy atom. The SMILES string of the molecule is O=c1[nH]c(NC2CCCS(=O)(=O)C2)cc2ccccc12. The van der Waals surface area contributed by atoms with Gasteiger partial charge in [0.25, 0.3) is 5.56 Å². The summed E-state index contributed by atoms with van der Waals surface area (Å²) in [5.74, 6) is 0.970. The van der Waals surface area contributed by atoms with E-state index in [4.69, 9.17) is 0 Å². The van der Waals surface area contributed by atoms with E-state index in [0.29, 0.717) is 17.6 Å². The van der Waals surface area contributed by atoms with Crippen LogP contribution in [0, 0.1) is 0 Å². The number of rotatable bonds is 2. The lowest BCUT2D eigenvalue weighted by Gasteiger charge is -2.23. The van der Waals surface area contributed by atoms with Crippen molar-refractivity contribution in [1.29, 1.82) is 0 Å². The van der Waals surface area contributed by atoms with Gasteiger partial charge < -0.3 is 10.3 Å². The van der Waals surface area contributed by atoms with Gasteiger partial charge in [0.1, 0.15) is 5.82 Å². The van der Waals surface area contributed by atoms with Gasteiger partial charge in [-0.3, -0.25) is 4.79 Å². The monoisotopic (exact) mass is 292 g/mol. The third kappa shape index (κ3) is 2.70. The van der Waals surface area contributed by atoms with Crippen molar-refractivity contribution in [3.8, 4) is 0 Å². The minimum atomic E-state index is -2.96. The fourth-order valence-electron chi connectivity index (χ4n) is 2.65. The Kier molecular flexibility index (Phi) is 3.25. The first-order chi connectivity index (χ1) is 9.53. The Bertz CT molecular complexity index is 795. The quantitative estimate of drug-likeness (QED) is 0.879. The van der Waals surface area contributed by atoms with Crippen molar-refractivity contribution in [2.75, 3.05) is 16.8 Å². The average Bonchev–Trinajstić information content (AvgIpc) is 2.37. The number of fused-ring (bicyclic) bond motifs is 1. The predicted octanol–water partition coefficient (Wildman–Crippen LogP) is 1.52. The molecule has 0 spiro atoms. The number of pyridine rings is 1. The molecular weight excluding hydrogens is 276 g/mol. The molecule has 1 unspecified atom stereocenters. The molecule has 0 bridgehead atoms. The van der Waals surface area contributed by atoms with Crippen molar-refractivity contribution >= 4 is 26.4 Å². The van der Waals surface area contributed by atoms with E-state index < -0.39 is 9.84 Å². The third-order valence-corrected chi connectivity index (χ3v) is 5.40. The Hall–Kier alpha value is -1.82. The maximum Gasteiger partial charge on any atom is 0.257 e. The van der Waals surface area contributed by atoms with Crippen molar-refractivity contribution in [3.05, 3.63) is 40.7 Å². The van der Waals surface area contributed by atoms with E-state index in [9.17, 15) is 13.2 Å². The maximum absolute atomic E-state index is 12.0. The number of nitrogens with one attached hydrogen (secondary N) is 2. The zero-order valence-electron chi connectivity index (χ0n) is 10.9. The number of benzene rings is 1.